The zero-order chi connectivity index (χ0) is 29.7. The Labute approximate surface area is 297 Å². The summed E-state index contributed by atoms with van der Waals surface area (Å²) in [6.07, 6.45) is 6.14. The number of hydrogen-bond donors (Lipinski definition) is 2. The van der Waals surface area contributed by atoms with Gasteiger partial charge in [-0.05, 0) is 116 Å². The van der Waals surface area contributed by atoms with Crippen molar-refractivity contribution in [1.29, 1.82) is 0 Å². The predicted molar refractivity (Wildman–Crippen MR) is 145 cm³/mol. The van der Waals surface area contributed by atoms with E-state index >= 15 is 0 Å². The van der Waals surface area contributed by atoms with Gasteiger partial charge >= 0.3 is 59.1 Å². The third-order valence-corrected chi connectivity index (χ3v) is 13.2. The molecule has 0 spiro atoms. The Kier molecular flexibility index (Phi) is 14.5. The molecule has 0 heterocycles. The molecule has 4 aliphatic rings. The summed E-state index contributed by atoms with van der Waals surface area (Å²) in [5, 5.41) is 20.7. The molecule has 234 valence electrons. The molecule has 0 bridgehead atoms. The van der Waals surface area contributed by atoms with Gasteiger partial charge in [0.05, 0.1) is 12.7 Å². The SMILES string of the molecule is C[C@H](CO)[C@@H](C)CC[C@@H](COS(=O)(=O)[O-])[C@H]1CCC2C3CC[C@@H]4[C@H](O)[C@H](OS(=O)(=O)[O-])CC[C@]4(C)C3CC[C@@]21C.[Na+].[Na+]. The molecule has 4 fully saturated rings. The summed E-state index contributed by atoms with van der Waals surface area (Å²) in [6, 6.07) is 0. The van der Waals surface area contributed by atoms with Crippen LogP contribution in [0.2, 0.25) is 0 Å². The molecule has 0 saturated heterocycles. The zero-order valence-electron chi connectivity index (χ0n) is 26.2. The van der Waals surface area contributed by atoms with Crippen LogP contribution >= 0.6 is 0 Å². The van der Waals surface area contributed by atoms with Crippen molar-refractivity contribution in [2.24, 2.45) is 58.2 Å². The molecular weight excluding hydrogens is 606 g/mol. The molecule has 0 radical (unpaired) electrons. The van der Waals surface area contributed by atoms with Gasteiger partial charge in [-0.25, -0.2) is 16.8 Å². The molecule has 2 N–H and O–H groups in total. The molecule has 0 aliphatic heterocycles. The molecule has 4 rings (SSSR count). The van der Waals surface area contributed by atoms with Gasteiger partial charge in [-0.2, -0.15) is 0 Å². The van der Waals surface area contributed by atoms with Gasteiger partial charge in [-0.3, -0.25) is 8.37 Å². The van der Waals surface area contributed by atoms with Crippen LogP contribution in [-0.2, 0) is 29.2 Å². The maximum absolute atomic E-state index is 11.4. The fraction of sp³-hybridized carbons (Fsp3) is 1.00. The number of rotatable bonds is 11. The third-order valence-electron chi connectivity index (χ3n) is 12.3. The van der Waals surface area contributed by atoms with Crippen molar-refractivity contribution in [2.75, 3.05) is 13.2 Å². The molecule has 0 amide bonds. The van der Waals surface area contributed by atoms with Crippen molar-refractivity contribution in [3.63, 3.8) is 0 Å². The topological polar surface area (TPSA) is 173 Å². The van der Waals surface area contributed by atoms with Gasteiger partial charge in [0.25, 0.3) is 0 Å². The van der Waals surface area contributed by atoms with Gasteiger partial charge in [0.1, 0.15) is 6.10 Å². The maximum atomic E-state index is 11.4. The van der Waals surface area contributed by atoms with Crippen molar-refractivity contribution in [2.45, 2.75) is 104 Å². The molecule has 0 aromatic carbocycles. The van der Waals surface area contributed by atoms with Gasteiger partial charge < -0.3 is 19.3 Å². The monoisotopic (exact) mass is 654 g/mol. The minimum Gasteiger partial charge on any atom is -0.726 e. The van der Waals surface area contributed by atoms with Crippen LogP contribution in [0.5, 0.6) is 0 Å². The van der Waals surface area contributed by atoms with E-state index in [0.717, 1.165) is 51.4 Å². The summed E-state index contributed by atoms with van der Waals surface area (Å²) >= 11 is 0. The third kappa shape index (κ3) is 8.57. The number of aliphatic hydroxyl groups excluding tert-OH is 2. The summed E-state index contributed by atoms with van der Waals surface area (Å²) in [5.41, 5.74) is -0.199. The Morgan fingerprint density at radius 2 is 1.40 bits per heavy atom. The van der Waals surface area contributed by atoms with Crippen LogP contribution in [0.4, 0.5) is 0 Å². The van der Waals surface area contributed by atoms with E-state index < -0.39 is 33.0 Å². The van der Waals surface area contributed by atoms with Crippen molar-refractivity contribution in [1.82, 2.24) is 0 Å². The Bertz CT molecular complexity index is 1110. The number of hydrogen-bond acceptors (Lipinski definition) is 10. The second-order valence-electron chi connectivity index (χ2n) is 14.0. The van der Waals surface area contributed by atoms with Crippen molar-refractivity contribution in [3.05, 3.63) is 0 Å². The Morgan fingerprint density at radius 1 is 0.810 bits per heavy atom. The van der Waals surface area contributed by atoms with Gasteiger partial charge in [0, 0.05) is 6.61 Å². The van der Waals surface area contributed by atoms with E-state index in [0.29, 0.717) is 30.6 Å². The largest absolute Gasteiger partial charge is 1.00 e. The van der Waals surface area contributed by atoms with Gasteiger partial charge in [-0.15, -0.1) is 0 Å². The van der Waals surface area contributed by atoms with E-state index in [4.69, 9.17) is 8.37 Å². The van der Waals surface area contributed by atoms with Crippen molar-refractivity contribution in [3.8, 4) is 0 Å². The Morgan fingerprint density at radius 3 is 2.00 bits per heavy atom. The molecule has 12 atom stereocenters. The Hall–Kier alpha value is 1.66. The van der Waals surface area contributed by atoms with Crippen LogP contribution in [0.15, 0.2) is 0 Å². The first-order valence-corrected chi connectivity index (χ1v) is 17.7. The molecule has 0 aromatic heterocycles. The standard InChI is InChI=1S/C28H50O10S2.2Na/c1-17(18(2)15-29)5-6-19(16-37-39(31,32)33)21-9-10-22-20-7-8-24-26(30)25(38-40(34,35)36)12-14-28(24,4)23(20)11-13-27(21,22)3;;/h17-26,29-30H,5-16H2,1-4H3,(H,31,32,33)(H,34,35,36);;/q;2*+1/p-2/t17-,18+,19-,20?,21+,22?,23?,24+,25+,26-,27+,28+;;/m0../s1. The summed E-state index contributed by atoms with van der Waals surface area (Å²) in [4.78, 5) is 0. The molecule has 4 saturated carbocycles. The van der Waals surface area contributed by atoms with Crippen molar-refractivity contribution < 1.29 is 104 Å². The summed E-state index contributed by atoms with van der Waals surface area (Å²) in [5.74, 6) is 1.65. The first kappa shape index (κ1) is 39.8. The van der Waals surface area contributed by atoms with Crippen molar-refractivity contribution >= 4 is 20.8 Å². The van der Waals surface area contributed by atoms with Crippen LogP contribution in [0, 0.1) is 58.2 Å². The minimum absolute atomic E-state index is 0. The van der Waals surface area contributed by atoms with E-state index in [1.165, 1.54) is 0 Å². The number of aliphatic hydroxyl groups is 2. The average Bonchev–Trinajstić information content (AvgIpc) is 3.21. The first-order chi connectivity index (χ1) is 18.5. The van der Waals surface area contributed by atoms with Gasteiger partial charge in [0.15, 0.2) is 0 Å². The van der Waals surface area contributed by atoms with Crippen LogP contribution in [0.25, 0.3) is 0 Å². The van der Waals surface area contributed by atoms with Crippen LogP contribution in [0.1, 0.15) is 91.9 Å². The minimum atomic E-state index is -4.89. The quantitative estimate of drug-likeness (QED) is 0.139. The predicted octanol–water partition coefficient (Wildman–Crippen LogP) is -2.39. The maximum Gasteiger partial charge on any atom is 1.00 e. The molecular formula is C28H48Na2O10S2. The zero-order valence-corrected chi connectivity index (χ0v) is 31.9. The second-order valence-corrected chi connectivity index (χ2v) is 16.1. The second kappa shape index (κ2) is 15.3. The van der Waals surface area contributed by atoms with Crippen LogP contribution in [-0.4, -0.2) is 61.6 Å². The van der Waals surface area contributed by atoms with Crippen LogP contribution in [0.3, 0.4) is 0 Å². The van der Waals surface area contributed by atoms with E-state index in [-0.39, 0.29) is 113 Å². The molecule has 4 aliphatic carbocycles. The number of fused-ring (bicyclic) bond motifs is 5. The first-order valence-electron chi connectivity index (χ1n) is 15.0. The van der Waals surface area contributed by atoms with E-state index in [1.807, 2.05) is 6.92 Å². The molecule has 3 unspecified atom stereocenters. The average molecular weight is 655 g/mol. The summed E-state index contributed by atoms with van der Waals surface area (Å²) < 4.78 is 77.5. The molecule has 0 aromatic rings. The van der Waals surface area contributed by atoms with Gasteiger partial charge in [-0.1, -0.05) is 34.1 Å². The Balaban J connectivity index is 0.00000308. The fourth-order valence-electron chi connectivity index (χ4n) is 9.88. The van der Waals surface area contributed by atoms with E-state index in [2.05, 4.69) is 20.8 Å². The van der Waals surface area contributed by atoms with Gasteiger partial charge in [0.2, 0.25) is 20.8 Å². The van der Waals surface area contributed by atoms with Crippen LogP contribution < -0.4 is 59.1 Å². The van der Waals surface area contributed by atoms with E-state index in [9.17, 15) is 36.2 Å². The van der Waals surface area contributed by atoms with E-state index in [1.54, 1.807) is 0 Å². The smallest absolute Gasteiger partial charge is 0.726 e. The summed E-state index contributed by atoms with van der Waals surface area (Å²) in [7, 11) is -9.69. The fourth-order valence-corrected chi connectivity index (χ4v) is 10.7. The molecule has 42 heavy (non-hydrogen) atoms. The summed E-state index contributed by atoms with van der Waals surface area (Å²) in [6.45, 7) is 8.62. The molecule has 14 heteroatoms. The normalized spacial score (nSPS) is 40.3. The molecule has 10 nitrogen and oxygen atoms in total.